The molecular weight excluding hydrogens is 413 g/mol. The number of halogens is 2. The molecule has 2 aliphatic heterocycles. The van der Waals surface area contributed by atoms with Crippen LogP contribution in [0.25, 0.3) is 0 Å². The fourth-order valence-corrected chi connectivity index (χ4v) is 3.52. The standard InChI is InChI=1S/C20H17ClFN5O3/c1-11-2-4-12(5-3-11)9-23-16(28)10-26-18-17(24-25-26)19(29)27(20(18)30)13-6-7-15(22)14(21)8-13/h2-8,17-18H,9-10H2,1H3,(H,23,28)/t17-,18+/m1/s1. The summed E-state index contributed by atoms with van der Waals surface area (Å²) in [6, 6.07) is 9.19. The second kappa shape index (κ2) is 7.83. The van der Waals surface area contributed by atoms with Crippen molar-refractivity contribution in [2.24, 2.45) is 10.3 Å². The Kier molecular flexibility index (Phi) is 5.21. The lowest BCUT2D eigenvalue weighted by molar-refractivity contribution is -0.125. The Labute approximate surface area is 176 Å². The lowest BCUT2D eigenvalue weighted by Gasteiger charge is -2.20. The molecule has 0 bridgehead atoms. The summed E-state index contributed by atoms with van der Waals surface area (Å²) >= 11 is 5.77. The molecule has 0 unspecified atom stereocenters. The number of carbonyl (C=O) groups excluding carboxylic acids is 3. The molecule has 1 fully saturated rings. The van der Waals surface area contributed by atoms with Gasteiger partial charge in [0.2, 0.25) is 5.91 Å². The van der Waals surface area contributed by atoms with Crippen molar-refractivity contribution in [2.45, 2.75) is 25.6 Å². The maximum atomic E-state index is 13.4. The largest absolute Gasteiger partial charge is 0.350 e. The zero-order valence-electron chi connectivity index (χ0n) is 15.9. The number of hydrogen-bond acceptors (Lipinski definition) is 6. The number of benzene rings is 2. The predicted octanol–water partition coefficient (Wildman–Crippen LogP) is 2.40. The molecule has 2 atom stereocenters. The summed E-state index contributed by atoms with van der Waals surface area (Å²) in [6.07, 6.45) is 0. The number of anilines is 1. The molecule has 0 radical (unpaired) electrons. The molecule has 0 spiro atoms. The molecule has 2 aromatic carbocycles. The normalized spacial score (nSPS) is 20.1. The first-order valence-corrected chi connectivity index (χ1v) is 9.55. The van der Waals surface area contributed by atoms with Crippen molar-refractivity contribution < 1.29 is 18.8 Å². The number of carbonyl (C=O) groups is 3. The van der Waals surface area contributed by atoms with Crippen LogP contribution in [0.1, 0.15) is 11.1 Å². The molecule has 2 aromatic rings. The van der Waals surface area contributed by atoms with E-state index in [1.54, 1.807) is 0 Å². The Morgan fingerprint density at radius 1 is 1.17 bits per heavy atom. The van der Waals surface area contributed by atoms with Gasteiger partial charge in [0.15, 0.2) is 12.1 Å². The van der Waals surface area contributed by atoms with Gasteiger partial charge in [-0.1, -0.05) is 46.7 Å². The summed E-state index contributed by atoms with van der Waals surface area (Å²) in [4.78, 5) is 38.7. The average molecular weight is 430 g/mol. The van der Waals surface area contributed by atoms with Crippen LogP contribution in [0.4, 0.5) is 10.1 Å². The number of nitrogens with one attached hydrogen (secondary N) is 1. The maximum absolute atomic E-state index is 13.4. The highest BCUT2D eigenvalue weighted by molar-refractivity contribution is 6.32. The summed E-state index contributed by atoms with van der Waals surface area (Å²) in [5.74, 6) is -2.21. The number of amides is 3. The van der Waals surface area contributed by atoms with Crippen LogP contribution in [0.2, 0.25) is 5.02 Å². The van der Waals surface area contributed by atoms with E-state index in [0.29, 0.717) is 6.54 Å². The fraction of sp³-hybridized carbons (Fsp3) is 0.250. The van der Waals surface area contributed by atoms with Gasteiger partial charge in [0.25, 0.3) is 11.8 Å². The van der Waals surface area contributed by atoms with Crippen molar-refractivity contribution in [3.05, 3.63) is 64.4 Å². The van der Waals surface area contributed by atoms with Crippen LogP contribution >= 0.6 is 11.6 Å². The van der Waals surface area contributed by atoms with Crippen LogP contribution < -0.4 is 10.2 Å². The van der Waals surface area contributed by atoms with Crippen LogP contribution in [0, 0.1) is 12.7 Å². The van der Waals surface area contributed by atoms with E-state index in [9.17, 15) is 18.8 Å². The summed E-state index contributed by atoms with van der Waals surface area (Å²) in [7, 11) is 0. The number of nitrogens with zero attached hydrogens (tertiary/aromatic N) is 4. The highest BCUT2D eigenvalue weighted by atomic mass is 35.5. The van der Waals surface area contributed by atoms with E-state index in [4.69, 9.17) is 11.6 Å². The number of rotatable bonds is 5. The van der Waals surface area contributed by atoms with Gasteiger partial charge in [0.1, 0.15) is 12.4 Å². The van der Waals surface area contributed by atoms with Gasteiger partial charge in [-0.05, 0) is 30.7 Å². The lowest BCUT2D eigenvalue weighted by Crippen LogP contribution is -2.44. The molecule has 154 valence electrons. The molecule has 0 aliphatic carbocycles. The molecule has 4 rings (SSSR count). The van der Waals surface area contributed by atoms with Gasteiger partial charge in [-0.2, -0.15) is 5.11 Å². The maximum Gasteiger partial charge on any atom is 0.263 e. The molecule has 1 saturated heterocycles. The zero-order valence-corrected chi connectivity index (χ0v) is 16.6. The zero-order chi connectivity index (χ0) is 21.4. The van der Waals surface area contributed by atoms with Gasteiger partial charge >= 0.3 is 0 Å². The van der Waals surface area contributed by atoms with Crippen molar-refractivity contribution in [1.82, 2.24) is 10.3 Å². The average Bonchev–Trinajstić information content (AvgIpc) is 3.23. The van der Waals surface area contributed by atoms with Gasteiger partial charge in [0, 0.05) is 6.54 Å². The van der Waals surface area contributed by atoms with Gasteiger partial charge in [-0.3, -0.25) is 19.4 Å². The monoisotopic (exact) mass is 429 g/mol. The Morgan fingerprint density at radius 2 is 1.90 bits per heavy atom. The van der Waals surface area contributed by atoms with Gasteiger partial charge < -0.3 is 5.32 Å². The van der Waals surface area contributed by atoms with Crippen molar-refractivity contribution in [3.8, 4) is 0 Å². The first kappa shape index (κ1) is 20.0. The quantitative estimate of drug-likeness (QED) is 0.738. The minimum absolute atomic E-state index is 0.143. The van der Waals surface area contributed by atoms with Crippen molar-refractivity contribution in [1.29, 1.82) is 0 Å². The van der Waals surface area contributed by atoms with Crippen LogP contribution in [-0.2, 0) is 20.9 Å². The molecule has 8 nitrogen and oxygen atoms in total. The van der Waals surface area contributed by atoms with Gasteiger partial charge in [-0.25, -0.2) is 9.29 Å². The van der Waals surface area contributed by atoms with E-state index in [1.807, 2.05) is 31.2 Å². The predicted molar refractivity (Wildman–Crippen MR) is 106 cm³/mol. The van der Waals surface area contributed by atoms with Crippen LogP contribution in [-0.4, -0.2) is 41.4 Å². The Bertz CT molecular complexity index is 1060. The lowest BCUT2D eigenvalue weighted by atomic mass is 10.1. The molecule has 0 saturated carbocycles. The SMILES string of the molecule is Cc1ccc(CNC(=O)CN2N=N[C@H]3C(=O)N(c4ccc(F)c(Cl)c4)C(=O)[C@H]32)cc1. The highest BCUT2D eigenvalue weighted by Gasteiger charge is 2.55. The number of fused-ring (bicyclic) bond motifs is 1. The third-order valence-corrected chi connectivity index (χ3v) is 5.22. The van der Waals surface area contributed by atoms with Crippen LogP contribution in [0.15, 0.2) is 52.8 Å². The minimum atomic E-state index is -1.05. The van der Waals surface area contributed by atoms with E-state index in [1.165, 1.54) is 17.1 Å². The van der Waals surface area contributed by atoms with E-state index >= 15 is 0 Å². The minimum Gasteiger partial charge on any atom is -0.350 e. The summed E-state index contributed by atoms with van der Waals surface area (Å²) in [6.45, 7) is 2.07. The number of imide groups is 1. The van der Waals surface area contributed by atoms with Crippen molar-refractivity contribution in [2.75, 3.05) is 11.4 Å². The first-order valence-electron chi connectivity index (χ1n) is 9.17. The molecule has 10 heteroatoms. The van der Waals surface area contributed by atoms with E-state index in [2.05, 4.69) is 15.7 Å². The Morgan fingerprint density at radius 3 is 2.60 bits per heavy atom. The highest BCUT2D eigenvalue weighted by Crippen LogP contribution is 2.33. The molecule has 0 aromatic heterocycles. The number of hydrogen-bond donors (Lipinski definition) is 1. The van der Waals surface area contributed by atoms with Crippen LogP contribution in [0.3, 0.4) is 0 Å². The topological polar surface area (TPSA) is 94.4 Å². The van der Waals surface area contributed by atoms with Crippen LogP contribution in [0.5, 0.6) is 0 Å². The second-order valence-electron chi connectivity index (χ2n) is 7.06. The molecule has 2 aliphatic rings. The smallest absolute Gasteiger partial charge is 0.263 e. The summed E-state index contributed by atoms with van der Waals surface area (Å²) in [5, 5.41) is 11.4. The Balaban J connectivity index is 1.43. The fourth-order valence-electron chi connectivity index (χ4n) is 3.34. The molecule has 3 amide bonds. The first-order chi connectivity index (χ1) is 14.3. The van der Waals surface area contributed by atoms with Crippen molar-refractivity contribution in [3.63, 3.8) is 0 Å². The van der Waals surface area contributed by atoms with Gasteiger partial charge in [0.05, 0.1) is 10.7 Å². The van der Waals surface area contributed by atoms with Crippen molar-refractivity contribution >= 4 is 35.0 Å². The molecule has 1 N–H and O–H groups in total. The van der Waals surface area contributed by atoms with E-state index < -0.39 is 29.7 Å². The number of aryl methyl sites for hydroxylation is 1. The molecular formula is C20H17ClFN5O3. The summed E-state index contributed by atoms with van der Waals surface area (Å²) < 4.78 is 13.4. The second-order valence-corrected chi connectivity index (χ2v) is 7.47. The van der Waals surface area contributed by atoms with E-state index in [0.717, 1.165) is 22.1 Å². The molecule has 2 heterocycles. The third kappa shape index (κ3) is 3.63. The van der Waals surface area contributed by atoms with E-state index in [-0.39, 0.29) is 23.2 Å². The third-order valence-electron chi connectivity index (χ3n) is 4.94. The summed E-state index contributed by atoms with van der Waals surface area (Å²) in [5.41, 5.74) is 2.19. The Hall–Kier alpha value is -3.33. The van der Waals surface area contributed by atoms with Gasteiger partial charge in [-0.15, -0.1) is 0 Å². The molecule has 30 heavy (non-hydrogen) atoms.